The molecule has 0 aliphatic carbocycles. The van der Waals surface area contributed by atoms with Crippen molar-refractivity contribution in [3.05, 3.63) is 72.3 Å². The average Bonchev–Trinajstić information content (AvgIpc) is 2.40. The molecule has 0 radical (unpaired) electrons. The molecule has 1 atom stereocenters. The minimum Gasteiger partial charge on any atom is -0.384 e. The molecular weight excluding hydrogens is 208 g/mol. The highest BCUT2D eigenvalue weighted by Crippen LogP contribution is 2.28. The van der Waals surface area contributed by atoms with Gasteiger partial charge in [-0.3, -0.25) is 0 Å². The van der Waals surface area contributed by atoms with Crippen molar-refractivity contribution in [3.8, 4) is 11.1 Å². The van der Waals surface area contributed by atoms with Crippen molar-refractivity contribution in [3.63, 3.8) is 0 Å². The highest BCUT2D eigenvalue weighted by Gasteiger charge is 2.09. The summed E-state index contributed by atoms with van der Waals surface area (Å²) in [6.07, 6.45) is 3.12. The molecule has 0 spiro atoms. The summed E-state index contributed by atoms with van der Waals surface area (Å²) >= 11 is 0. The first-order chi connectivity index (χ1) is 8.33. The molecule has 1 unspecified atom stereocenters. The van der Waals surface area contributed by atoms with Crippen LogP contribution in [0.4, 0.5) is 0 Å². The minimum absolute atomic E-state index is 0.545. The average molecular weight is 224 g/mol. The van der Waals surface area contributed by atoms with Crippen LogP contribution in [0.3, 0.4) is 0 Å². The first-order valence-electron chi connectivity index (χ1n) is 5.78. The SMILES string of the molecule is C/C=C/C(O)c1ccccc1-c1ccccc1. The second kappa shape index (κ2) is 5.46. The highest BCUT2D eigenvalue weighted by molar-refractivity contribution is 5.68. The van der Waals surface area contributed by atoms with E-state index in [4.69, 9.17) is 0 Å². The lowest BCUT2D eigenvalue weighted by Gasteiger charge is -2.12. The standard InChI is InChI=1S/C16H16O/c1-2-8-16(17)15-12-7-6-11-14(15)13-9-4-3-5-10-13/h2-12,16-17H,1H3/b8-2+. The van der Waals surface area contributed by atoms with Gasteiger partial charge in [-0.15, -0.1) is 0 Å². The van der Waals surface area contributed by atoms with Crippen molar-refractivity contribution in [1.82, 2.24) is 0 Å². The number of aliphatic hydroxyl groups is 1. The predicted octanol–water partition coefficient (Wildman–Crippen LogP) is 3.96. The first-order valence-corrected chi connectivity index (χ1v) is 5.78. The van der Waals surface area contributed by atoms with Gasteiger partial charge in [0.2, 0.25) is 0 Å². The molecule has 0 amide bonds. The Morgan fingerprint density at radius 2 is 1.59 bits per heavy atom. The number of allylic oxidation sites excluding steroid dienone is 1. The van der Waals surface area contributed by atoms with Gasteiger partial charge >= 0.3 is 0 Å². The van der Waals surface area contributed by atoms with Crippen molar-refractivity contribution in [2.75, 3.05) is 0 Å². The first kappa shape index (κ1) is 11.6. The van der Waals surface area contributed by atoms with Gasteiger partial charge in [0.15, 0.2) is 0 Å². The molecule has 1 N–H and O–H groups in total. The number of hydrogen-bond acceptors (Lipinski definition) is 1. The molecule has 86 valence electrons. The topological polar surface area (TPSA) is 20.2 Å². The number of rotatable bonds is 3. The van der Waals surface area contributed by atoms with E-state index in [1.54, 1.807) is 6.08 Å². The summed E-state index contributed by atoms with van der Waals surface area (Å²) < 4.78 is 0. The highest BCUT2D eigenvalue weighted by atomic mass is 16.3. The van der Waals surface area contributed by atoms with E-state index in [1.807, 2.05) is 55.5 Å². The lowest BCUT2D eigenvalue weighted by molar-refractivity contribution is 0.229. The quantitative estimate of drug-likeness (QED) is 0.782. The molecule has 1 nitrogen and oxygen atoms in total. The second-order valence-corrected chi connectivity index (χ2v) is 3.92. The van der Waals surface area contributed by atoms with Gasteiger partial charge in [-0.25, -0.2) is 0 Å². The molecule has 1 heteroatoms. The number of aliphatic hydroxyl groups excluding tert-OH is 1. The molecule has 0 heterocycles. The Hall–Kier alpha value is -1.86. The van der Waals surface area contributed by atoms with Gasteiger partial charge in [-0.05, 0) is 23.6 Å². The maximum absolute atomic E-state index is 10.1. The van der Waals surface area contributed by atoms with E-state index in [1.165, 1.54) is 0 Å². The zero-order chi connectivity index (χ0) is 12.1. The number of hydrogen-bond donors (Lipinski definition) is 1. The van der Waals surface area contributed by atoms with Gasteiger partial charge in [0.1, 0.15) is 0 Å². The van der Waals surface area contributed by atoms with Crippen molar-refractivity contribution in [1.29, 1.82) is 0 Å². The van der Waals surface area contributed by atoms with Crippen LogP contribution >= 0.6 is 0 Å². The molecule has 0 aliphatic rings. The van der Waals surface area contributed by atoms with Gasteiger partial charge in [0.05, 0.1) is 6.10 Å². The molecule has 0 aromatic heterocycles. The summed E-state index contributed by atoms with van der Waals surface area (Å²) in [5, 5.41) is 10.1. The monoisotopic (exact) mass is 224 g/mol. The molecule has 0 saturated heterocycles. The Bertz CT molecular complexity index is 500. The smallest absolute Gasteiger partial charge is 0.0977 e. The van der Waals surface area contributed by atoms with Crippen molar-refractivity contribution < 1.29 is 5.11 Å². The van der Waals surface area contributed by atoms with E-state index in [0.717, 1.165) is 16.7 Å². The van der Waals surface area contributed by atoms with Crippen LogP contribution in [0.2, 0.25) is 0 Å². The molecule has 2 aromatic carbocycles. The van der Waals surface area contributed by atoms with E-state index in [2.05, 4.69) is 12.1 Å². The zero-order valence-corrected chi connectivity index (χ0v) is 9.88. The Kier molecular flexibility index (Phi) is 3.73. The summed E-state index contributed by atoms with van der Waals surface area (Å²) in [5.74, 6) is 0. The Labute approximate surface area is 102 Å². The van der Waals surface area contributed by atoms with Crippen LogP contribution in [0, 0.1) is 0 Å². The Morgan fingerprint density at radius 1 is 0.941 bits per heavy atom. The van der Waals surface area contributed by atoms with Gasteiger partial charge in [-0.1, -0.05) is 66.7 Å². The zero-order valence-electron chi connectivity index (χ0n) is 9.88. The van der Waals surface area contributed by atoms with Crippen LogP contribution in [0.1, 0.15) is 18.6 Å². The fourth-order valence-electron chi connectivity index (χ4n) is 1.92. The van der Waals surface area contributed by atoms with Gasteiger partial charge in [0.25, 0.3) is 0 Å². The van der Waals surface area contributed by atoms with Crippen LogP contribution in [0.15, 0.2) is 66.7 Å². The molecular formula is C16H16O. The molecule has 0 bridgehead atoms. The number of benzene rings is 2. The van der Waals surface area contributed by atoms with E-state index < -0.39 is 6.10 Å². The van der Waals surface area contributed by atoms with E-state index in [-0.39, 0.29) is 0 Å². The van der Waals surface area contributed by atoms with Crippen LogP contribution in [-0.4, -0.2) is 5.11 Å². The summed E-state index contributed by atoms with van der Waals surface area (Å²) in [7, 11) is 0. The van der Waals surface area contributed by atoms with Gasteiger partial charge in [0, 0.05) is 0 Å². The third-order valence-electron chi connectivity index (χ3n) is 2.74. The largest absolute Gasteiger partial charge is 0.384 e. The molecule has 0 aliphatic heterocycles. The Balaban J connectivity index is 2.48. The normalized spacial score (nSPS) is 12.8. The summed E-state index contributed by atoms with van der Waals surface area (Å²) in [6, 6.07) is 18.1. The van der Waals surface area contributed by atoms with Crippen LogP contribution in [0.5, 0.6) is 0 Å². The van der Waals surface area contributed by atoms with Crippen LogP contribution < -0.4 is 0 Å². The van der Waals surface area contributed by atoms with Gasteiger partial charge in [-0.2, -0.15) is 0 Å². The fourth-order valence-corrected chi connectivity index (χ4v) is 1.92. The Morgan fingerprint density at radius 3 is 2.29 bits per heavy atom. The van der Waals surface area contributed by atoms with Crippen molar-refractivity contribution in [2.45, 2.75) is 13.0 Å². The minimum atomic E-state index is -0.545. The van der Waals surface area contributed by atoms with Gasteiger partial charge < -0.3 is 5.11 Å². The predicted molar refractivity (Wildman–Crippen MR) is 71.7 cm³/mol. The lowest BCUT2D eigenvalue weighted by atomic mass is 9.96. The third kappa shape index (κ3) is 2.63. The molecule has 2 aromatic rings. The van der Waals surface area contributed by atoms with E-state index in [0.29, 0.717) is 0 Å². The molecule has 17 heavy (non-hydrogen) atoms. The molecule has 0 fully saturated rings. The fraction of sp³-hybridized carbons (Fsp3) is 0.125. The van der Waals surface area contributed by atoms with Crippen LogP contribution in [-0.2, 0) is 0 Å². The maximum Gasteiger partial charge on any atom is 0.0977 e. The maximum atomic E-state index is 10.1. The summed E-state index contributed by atoms with van der Waals surface area (Å²) in [4.78, 5) is 0. The second-order valence-electron chi connectivity index (χ2n) is 3.92. The lowest BCUT2D eigenvalue weighted by Crippen LogP contribution is -1.96. The van der Waals surface area contributed by atoms with E-state index >= 15 is 0 Å². The van der Waals surface area contributed by atoms with E-state index in [9.17, 15) is 5.11 Å². The summed E-state index contributed by atoms with van der Waals surface area (Å²) in [5.41, 5.74) is 3.15. The van der Waals surface area contributed by atoms with Crippen molar-refractivity contribution >= 4 is 0 Å². The summed E-state index contributed by atoms with van der Waals surface area (Å²) in [6.45, 7) is 1.91. The molecule has 2 rings (SSSR count). The van der Waals surface area contributed by atoms with Crippen LogP contribution in [0.25, 0.3) is 11.1 Å². The molecule has 0 saturated carbocycles. The third-order valence-corrected chi connectivity index (χ3v) is 2.74. The van der Waals surface area contributed by atoms with Crippen molar-refractivity contribution in [2.24, 2.45) is 0 Å².